The third-order valence-corrected chi connectivity index (χ3v) is 5.45. The molecule has 3 heterocycles. The van der Waals surface area contributed by atoms with Gasteiger partial charge in [0.15, 0.2) is 5.82 Å². The van der Waals surface area contributed by atoms with Crippen molar-refractivity contribution in [2.45, 2.75) is 44.1 Å². The number of nitrogens with zero attached hydrogens (tertiary/aromatic N) is 5. The average Bonchev–Trinajstić information content (AvgIpc) is 3.46. The molecule has 2 unspecified atom stereocenters. The number of H-pyrrole nitrogens is 1. The monoisotopic (exact) mass is 316 g/mol. The Balaban J connectivity index is 1.53. The summed E-state index contributed by atoms with van der Waals surface area (Å²) < 4.78 is 7.52. The van der Waals surface area contributed by atoms with E-state index in [1.165, 1.54) is 12.8 Å². The Bertz CT molecular complexity index is 784. The van der Waals surface area contributed by atoms with E-state index in [0.717, 1.165) is 43.4 Å². The van der Waals surface area contributed by atoms with Crippen LogP contribution in [0.5, 0.6) is 0 Å². The minimum Gasteiger partial charge on any atom is -0.408 e. The van der Waals surface area contributed by atoms with Gasteiger partial charge in [-0.05, 0) is 43.9 Å². The number of aromatic amines is 1. The maximum Gasteiger partial charge on any atom is 0.343 e. The summed E-state index contributed by atoms with van der Waals surface area (Å²) in [6.07, 6.45) is 5.90. The third-order valence-electron chi connectivity index (χ3n) is 5.45. The first-order chi connectivity index (χ1) is 11.2. The molecule has 2 aromatic rings. The summed E-state index contributed by atoms with van der Waals surface area (Å²) in [6.45, 7) is 0.874. The smallest absolute Gasteiger partial charge is 0.343 e. The summed E-state index contributed by atoms with van der Waals surface area (Å²) in [4.78, 5) is 14.0. The van der Waals surface area contributed by atoms with E-state index in [-0.39, 0.29) is 11.7 Å². The van der Waals surface area contributed by atoms with Crippen molar-refractivity contribution in [1.82, 2.24) is 25.0 Å². The summed E-state index contributed by atoms with van der Waals surface area (Å²) in [5.41, 5.74) is -0.175. The van der Waals surface area contributed by atoms with Crippen LogP contribution in [-0.4, -0.2) is 31.5 Å². The van der Waals surface area contributed by atoms with Gasteiger partial charge in [-0.25, -0.2) is 9.89 Å². The van der Waals surface area contributed by atoms with E-state index in [9.17, 15) is 4.79 Å². The molecule has 1 N–H and O–H groups in total. The minimum absolute atomic E-state index is 0.0407. The fraction of sp³-hybridized carbons (Fsp3) is 0.733. The summed E-state index contributed by atoms with van der Waals surface area (Å²) in [5, 5.41) is 15.3. The lowest BCUT2D eigenvalue weighted by Gasteiger charge is -2.25. The fourth-order valence-corrected chi connectivity index (χ4v) is 3.84. The molecule has 8 heteroatoms. The molecule has 5 rings (SSSR count). The molecular weight excluding hydrogens is 296 g/mol. The van der Waals surface area contributed by atoms with Crippen LogP contribution < -0.4 is 10.6 Å². The van der Waals surface area contributed by atoms with E-state index in [2.05, 4.69) is 25.3 Å². The second-order valence-electron chi connectivity index (χ2n) is 7.07. The zero-order valence-corrected chi connectivity index (χ0v) is 13.1. The quantitative estimate of drug-likeness (QED) is 0.915. The van der Waals surface area contributed by atoms with E-state index >= 15 is 0 Å². The van der Waals surface area contributed by atoms with Crippen LogP contribution in [0.25, 0.3) is 0 Å². The van der Waals surface area contributed by atoms with Gasteiger partial charge in [-0.3, -0.25) is 4.57 Å². The van der Waals surface area contributed by atoms with Crippen molar-refractivity contribution in [3.05, 3.63) is 22.2 Å². The molecule has 2 atom stereocenters. The second-order valence-corrected chi connectivity index (χ2v) is 7.07. The normalized spacial score (nSPS) is 27.8. The lowest BCUT2D eigenvalue weighted by molar-refractivity contribution is 0.392. The van der Waals surface area contributed by atoms with E-state index in [0.29, 0.717) is 17.9 Å². The predicted octanol–water partition coefficient (Wildman–Crippen LogP) is 1.35. The Hall–Kier alpha value is -2.12. The van der Waals surface area contributed by atoms with Crippen molar-refractivity contribution in [1.29, 1.82) is 0 Å². The van der Waals surface area contributed by atoms with E-state index in [1.807, 2.05) is 0 Å². The van der Waals surface area contributed by atoms with Crippen LogP contribution in [0.3, 0.4) is 0 Å². The highest BCUT2D eigenvalue weighted by Crippen LogP contribution is 2.51. The molecule has 3 aliphatic rings. The van der Waals surface area contributed by atoms with Gasteiger partial charge in [0.2, 0.25) is 5.89 Å². The Labute approximate surface area is 132 Å². The van der Waals surface area contributed by atoms with Crippen LogP contribution >= 0.6 is 0 Å². The standard InChI is InChI=1S/C15H20N6O2/c1-20-12(16-18-14(20)22)11-10(8-2-3-8)6-7-21(11)15-19-17-13(23-15)9-4-5-9/h8-11H,2-7H2,1H3,(H,18,22). The fourth-order valence-electron chi connectivity index (χ4n) is 3.84. The molecule has 0 spiro atoms. The number of hydrogen-bond donors (Lipinski definition) is 1. The van der Waals surface area contributed by atoms with Crippen LogP contribution in [0.2, 0.25) is 0 Å². The van der Waals surface area contributed by atoms with Crippen LogP contribution in [-0.2, 0) is 7.05 Å². The van der Waals surface area contributed by atoms with Crippen LogP contribution in [0.1, 0.15) is 55.8 Å². The van der Waals surface area contributed by atoms with E-state index < -0.39 is 0 Å². The molecule has 2 aliphatic carbocycles. The van der Waals surface area contributed by atoms with Crippen molar-refractivity contribution in [2.75, 3.05) is 11.4 Å². The van der Waals surface area contributed by atoms with Crippen molar-refractivity contribution in [3.8, 4) is 0 Å². The zero-order chi connectivity index (χ0) is 15.6. The Morgan fingerprint density at radius 2 is 2.00 bits per heavy atom. The lowest BCUT2D eigenvalue weighted by atomic mass is 9.94. The minimum atomic E-state index is -0.175. The zero-order valence-electron chi connectivity index (χ0n) is 13.1. The first kappa shape index (κ1) is 13.3. The first-order valence-corrected chi connectivity index (χ1v) is 8.43. The molecule has 2 aromatic heterocycles. The molecule has 0 aromatic carbocycles. The van der Waals surface area contributed by atoms with Crippen LogP contribution in [0, 0.1) is 11.8 Å². The van der Waals surface area contributed by atoms with Gasteiger partial charge >= 0.3 is 11.7 Å². The van der Waals surface area contributed by atoms with Crippen molar-refractivity contribution < 1.29 is 4.42 Å². The van der Waals surface area contributed by atoms with Gasteiger partial charge < -0.3 is 9.32 Å². The number of anilines is 1. The predicted molar refractivity (Wildman–Crippen MR) is 81.0 cm³/mol. The number of aromatic nitrogens is 5. The second kappa shape index (κ2) is 4.69. The van der Waals surface area contributed by atoms with Crippen LogP contribution in [0.4, 0.5) is 6.01 Å². The van der Waals surface area contributed by atoms with Gasteiger partial charge in [0.25, 0.3) is 0 Å². The highest BCUT2D eigenvalue weighted by atomic mass is 16.4. The Morgan fingerprint density at radius 3 is 2.65 bits per heavy atom. The summed E-state index contributed by atoms with van der Waals surface area (Å²) in [7, 11) is 1.77. The molecule has 1 saturated heterocycles. The maximum absolute atomic E-state index is 11.8. The van der Waals surface area contributed by atoms with Gasteiger partial charge in [-0.2, -0.15) is 5.10 Å². The molecule has 1 aliphatic heterocycles. The SMILES string of the molecule is Cn1c(C2C(C3CC3)CCN2c2nnc(C3CC3)o2)n[nH]c1=O. The summed E-state index contributed by atoms with van der Waals surface area (Å²) >= 11 is 0. The van der Waals surface area contributed by atoms with Gasteiger partial charge in [-0.15, -0.1) is 5.10 Å². The molecule has 3 fully saturated rings. The van der Waals surface area contributed by atoms with E-state index in [4.69, 9.17) is 4.42 Å². The van der Waals surface area contributed by atoms with Crippen LogP contribution in [0.15, 0.2) is 9.21 Å². The van der Waals surface area contributed by atoms with Gasteiger partial charge in [0.1, 0.15) is 0 Å². The molecule has 23 heavy (non-hydrogen) atoms. The number of nitrogens with one attached hydrogen (secondary N) is 1. The first-order valence-electron chi connectivity index (χ1n) is 8.43. The molecular formula is C15H20N6O2. The average molecular weight is 316 g/mol. The maximum atomic E-state index is 11.8. The van der Waals surface area contributed by atoms with Gasteiger partial charge in [0.05, 0.1) is 6.04 Å². The van der Waals surface area contributed by atoms with Gasteiger partial charge in [0, 0.05) is 19.5 Å². The van der Waals surface area contributed by atoms with E-state index in [1.54, 1.807) is 11.6 Å². The molecule has 0 bridgehead atoms. The van der Waals surface area contributed by atoms with Crippen molar-refractivity contribution >= 4 is 6.01 Å². The Morgan fingerprint density at radius 1 is 1.17 bits per heavy atom. The molecule has 122 valence electrons. The highest BCUT2D eigenvalue weighted by molar-refractivity contribution is 5.33. The largest absolute Gasteiger partial charge is 0.408 e. The number of rotatable bonds is 4. The molecule has 8 nitrogen and oxygen atoms in total. The topological polar surface area (TPSA) is 92.8 Å². The third kappa shape index (κ3) is 2.11. The Kier molecular flexibility index (Phi) is 2.72. The molecule has 0 radical (unpaired) electrons. The van der Waals surface area contributed by atoms with Crippen molar-refractivity contribution in [2.24, 2.45) is 18.9 Å². The molecule has 0 amide bonds. The van der Waals surface area contributed by atoms with Gasteiger partial charge in [-0.1, -0.05) is 5.10 Å². The van der Waals surface area contributed by atoms with Crippen molar-refractivity contribution in [3.63, 3.8) is 0 Å². The number of hydrogen-bond acceptors (Lipinski definition) is 6. The highest BCUT2D eigenvalue weighted by Gasteiger charge is 2.47. The lowest BCUT2D eigenvalue weighted by Crippen LogP contribution is -2.30. The summed E-state index contributed by atoms with van der Waals surface area (Å²) in [6, 6.07) is 0.620. The summed E-state index contributed by atoms with van der Waals surface area (Å²) in [5.74, 6) is 3.20. The molecule has 2 saturated carbocycles.